The molecule has 11 heteroatoms. The summed E-state index contributed by atoms with van der Waals surface area (Å²) in [5, 5.41) is 3.08. The van der Waals surface area contributed by atoms with Crippen LogP contribution >= 0.6 is 0 Å². The lowest BCUT2D eigenvalue weighted by molar-refractivity contribution is -0.137. The van der Waals surface area contributed by atoms with Gasteiger partial charge in [0.2, 0.25) is 5.95 Å². The summed E-state index contributed by atoms with van der Waals surface area (Å²) in [5.41, 5.74) is 2.39. The molecule has 8 nitrogen and oxygen atoms in total. The molecule has 3 heterocycles. The molecule has 0 aliphatic carbocycles. The number of halogens is 3. The van der Waals surface area contributed by atoms with Gasteiger partial charge in [-0.3, -0.25) is 9.78 Å². The van der Waals surface area contributed by atoms with Crippen LogP contribution in [0.1, 0.15) is 21.6 Å². The molecule has 0 radical (unpaired) electrons. The second kappa shape index (κ2) is 10.4. The number of pyridine rings is 1. The molecule has 0 atom stereocenters. The van der Waals surface area contributed by atoms with Crippen molar-refractivity contribution >= 4 is 23.2 Å². The lowest BCUT2D eigenvalue weighted by Crippen LogP contribution is -2.27. The second-order valence-corrected chi connectivity index (χ2v) is 8.74. The predicted molar refractivity (Wildman–Crippen MR) is 141 cm³/mol. The van der Waals surface area contributed by atoms with Gasteiger partial charge in [0.1, 0.15) is 0 Å². The van der Waals surface area contributed by atoms with Crippen LogP contribution in [0.15, 0.2) is 91.8 Å². The molecule has 1 N–H and O–H groups in total. The molecule has 196 valence electrons. The maximum atomic E-state index is 13.7. The number of anilines is 3. The summed E-state index contributed by atoms with van der Waals surface area (Å²) in [7, 11) is 1.43. The van der Waals surface area contributed by atoms with Crippen LogP contribution in [0.2, 0.25) is 0 Å². The molecule has 0 fully saturated rings. The van der Waals surface area contributed by atoms with Gasteiger partial charge in [0.25, 0.3) is 5.91 Å². The number of imidazole rings is 1. The van der Waals surface area contributed by atoms with Gasteiger partial charge in [-0.1, -0.05) is 6.07 Å². The van der Waals surface area contributed by atoms with Crippen molar-refractivity contribution < 1.29 is 18.0 Å². The number of carbonyl (C=O) groups excluding carboxylic acids is 1. The zero-order chi connectivity index (χ0) is 27.6. The Kier molecular flexibility index (Phi) is 6.80. The Labute approximate surface area is 221 Å². The van der Waals surface area contributed by atoms with Crippen LogP contribution < -0.4 is 10.2 Å². The lowest BCUT2D eigenvalue weighted by Gasteiger charge is -2.21. The molecule has 5 rings (SSSR count). The van der Waals surface area contributed by atoms with Gasteiger partial charge in [-0.2, -0.15) is 13.2 Å². The molecule has 0 unspecified atom stereocenters. The quantitative estimate of drug-likeness (QED) is 0.287. The van der Waals surface area contributed by atoms with Crippen LogP contribution in [-0.4, -0.2) is 37.5 Å². The van der Waals surface area contributed by atoms with Gasteiger partial charge < -0.3 is 14.8 Å². The molecule has 0 saturated carbocycles. The molecule has 39 heavy (non-hydrogen) atoms. The number of aromatic nitrogens is 5. The fourth-order valence-corrected chi connectivity index (χ4v) is 3.93. The zero-order valence-corrected chi connectivity index (χ0v) is 20.9. The van der Waals surface area contributed by atoms with Gasteiger partial charge in [0.05, 0.1) is 23.3 Å². The van der Waals surface area contributed by atoms with Gasteiger partial charge in [0.15, 0.2) is 0 Å². The normalized spacial score (nSPS) is 11.3. The van der Waals surface area contributed by atoms with E-state index in [1.165, 1.54) is 28.9 Å². The molecular weight excluding hydrogens is 507 g/mol. The standard InChI is InChI=1S/C28H22F3N7O/c1-18-16-38(17-34-18)24-13-21(28(29,30)31)12-23(14-24)37(2)26(39)19-5-3-7-22(11-19)35-27-33-10-8-25(36-27)20-6-4-9-32-15-20/h3-17H,1-2H3,(H,33,35,36). The smallest absolute Gasteiger partial charge is 0.324 e. The summed E-state index contributed by atoms with van der Waals surface area (Å²) in [6.07, 6.45) is 3.40. The highest BCUT2D eigenvalue weighted by molar-refractivity contribution is 6.06. The van der Waals surface area contributed by atoms with Gasteiger partial charge >= 0.3 is 6.18 Å². The van der Waals surface area contributed by atoms with Gasteiger partial charge in [-0.05, 0) is 61.5 Å². The minimum Gasteiger partial charge on any atom is -0.324 e. The van der Waals surface area contributed by atoms with Crippen molar-refractivity contribution in [2.45, 2.75) is 13.1 Å². The highest BCUT2D eigenvalue weighted by Gasteiger charge is 2.32. The van der Waals surface area contributed by atoms with Crippen LogP contribution in [0, 0.1) is 6.92 Å². The number of amides is 1. The molecule has 2 aromatic carbocycles. The largest absolute Gasteiger partial charge is 0.416 e. The molecule has 1 amide bonds. The SMILES string of the molecule is Cc1cn(-c2cc(N(C)C(=O)c3cccc(Nc4nccc(-c5cccnc5)n4)c3)cc(C(F)(F)F)c2)cn1. The summed E-state index contributed by atoms with van der Waals surface area (Å²) in [5.74, 6) is -0.178. The van der Waals surface area contributed by atoms with Crippen molar-refractivity contribution in [3.63, 3.8) is 0 Å². The van der Waals surface area contributed by atoms with Crippen molar-refractivity contribution in [1.82, 2.24) is 24.5 Å². The summed E-state index contributed by atoms with van der Waals surface area (Å²) < 4.78 is 42.6. The Morgan fingerprint density at radius 2 is 1.85 bits per heavy atom. The Morgan fingerprint density at radius 1 is 1.00 bits per heavy atom. The first kappa shape index (κ1) is 25.6. The third kappa shape index (κ3) is 5.77. The van der Waals surface area contributed by atoms with Crippen LogP contribution in [0.3, 0.4) is 0 Å². The van der Waals surface area contributed by atoms with E-state index in [2.05, 4.69) is 25.3 Å². The molecular formula is C28H22F3N7O. The average molecular weight is 530 g/mol. The highest BCUT2D eigenvalue weighted by atomic mass is 19.4. The number of hydrogen-bond donors (Lipinski definition) is 1. The van der Waals surface area contributed by atoms with E-state index in [-0.39, 0.29) is 16.9 Å². The maximum Gasteiger partial charge on any atom is 0.416 e. The van der Waals surface area contributed by atoms with E-state index < -0.39 is 17.6 Å². The maximum absolute atomic E-state index is 13.7. The molecule has 0 saturated heterocycles. The predicted octanol–water partition coefficient (Wildman–Crippen LogP) is 6.07. The fourth-order valence-electron chi connectivity index (χ4n) is 3.93. The van der Waals surface area contributed by atoms with E-state index >= 15 is 0 Å². The Morgan fingerprint density at radius 3 is 2.56 bits per heavy atom. The van der Waals surface area contributed by atoms with Gasteiger partial charge in [0, 0.05) is 60.0 Å². The van der Waals surface area contributed by atoms with Crippen molar-refractivity contribution in [3.05, 3.63) is 109 Å². The third-order valence-electron chi connectivity index (χ3n) is 5.91. The first-order chi connectivity index (χ1) is 18.7. The number of aryl methyl sites for hydroxylation is 1. The number of carbonyl (C=O) groups is 1. The zero-order valence-electron chi connectivity index (χ0n) is 20.9. The first-order valence-corrected chi connectivity index (χ1v) is 11.8. The van der Waals surface area contributed by atoms with E-state index in [4.69, 9.17) is 0 Å². The van der Waals surface area contributed by atoms with Crippen molar-refractivity contribution in [3.8, 4) is 16.9 Å². The Balaban J connectivity index is 1.42. The van der Waals surface area contributed by atoms with E-state index in [1.54, 1.807) is 68.1 Å². The summed E-state index contributed by atoms with van der Waals surface area (Å²) >= 11 is 0. The van der Waals surface area contributed by atoms with E-state index in [0.29, 0.717) is 23.0 Å². The molecule has 5 aromatic rings. The highest BCUT2D eigenvalue weighted by Crippen LogP contribution is 2.34. The monoisotopic (exact) mass is 529 g/mol. The fraction of sp³-hybridized carbons (Fsp3) is 0.107. The van der Waals surface area contributed by atoms with Gasteiger partial charge in [-0.25, -0.2) is 15.0 Å². The Bertz CT molecular complexity index is 1630. The minimum atomic E-state index is -4.60. The minimum absolute atomic E-state index is 0.0852. The lowest BCUT2D eigenvalue weighted by atomic mass is 10.1. The first-order valence-electron chi connectivity index (χ1n) is 11.8. The van der Waals surface area contributed by atoms with E-state index in [9.17, 15) is 18.0 Å². The van der Waals surface area contributed by atoms with Gasteiger partial charge in [-0.15, -0.1) is 0 Å². The van der Waals surface area contributed by atoms with Crippen molar-refractivity contribution in [2.75, 3.05) is 17.3 Å². The molecule has 0 spiro atoms. The Hall–Kier alpha value is -5.06. The number of hydrogen-bond acceptors (Lipinski definition) is 6. The summed E-state index contributed by atoms with van der Waals surface area (Å²) in [4.78, 5) is 31.5. The average Bonchev–Trinajstić information content (AvgIpc) is 3.38. The topological polar surface area (TPSA) is 88.8 Å². The molecule has 3 aromatic heterocycles. The third-order valence-corrected chi connectivity index (χ3v) is 5.91. The van der Waals surface area contributed by atoms with Crippen LogP contribution in [0.5, 0.6) is 0 Å². The van der Waals surface area contributed by atoms with E-state index in [0.717, 1.165) is 17.7 Å². The number of alkyl halides is 3. The number of benzene rings is 2. The van der Waals surface area contributed by atoms with Crippen molar-refractivity contribution in [2.24, 2.45) is 0 Å². The summed E-state index contributed by atoms with van der Waals surface area (Å²) in [6, 6.07) is 15.5. The molecule has 0 aliphatic heterocycles. The van der Waals surface area contributed by atoms with Crippen molar-refractivity contribution in [1.29, 1.82) is 0 Å². The molecule has 0 aliphatic rings. The summed E-state index contributed by atoms with van der Waals surface area (Å²) in [6.45, 7) is 1.74. The number of nitrogens with zero attached hydrogens (tertiary/aromatic N) is 6. The van der Waals surface area contributed by atoms with Crippen LogP contribution in [0.25, 0.3) is 16.9 Å². The van der Waals surface area contributed by atoms with Crippen LogP contribution in [0.4, 0.5) is 30.5 Å². The second-order valence-electron chi connectivity index (χ2n) is 8.74. The van der Waals surface area contributed by atoms with Crippen LogP contribution in [-0.2, 0) is 6.18 Å². The molecule has 0 bridgehead atoms. The van der Waals surface area contributed by atoms with E-state index in [1.807, 2.05) is 6.07 Å². The number of rotatable bonds is 6. The number of nitrogens with one attached hydrogen (secondary N) is 1.